The predicted molar refractivity (Wildman–Crippen MR) is 111 cm³/mol. The Balaban J connectivity index is 2.46. The van der Waals surface area contributed by atoms with Gasteiger partial charge < -0.3 is 24.7 Å². The molecule has 0 spiro atoms. The van der Waals surface area contributed by atoms with Crippen LogP contribution in [0, 0.1) is 0 Å². The van der Waals surface area contributed by atoms with Crippen molar-refractivity contribution in [2.24, 2.45) is 0 Å². The van der Waals surface area contributed by atoms with Crippen molar-refractivity contribution in [1.82, 2.24) is 0 Å². The second-order valence-corrected chi connectivity index (χ2v) is 5.96. The SMILES string of the molecule is CCOc1ccc(C(=O)C(=Cc2ccc(OC)c(OC)c2OC)CC)cc1N. The molecule has 6 nitrogen and oxygen atoms in total. The van der Waals surface area contributed by atoms with Gasteiger partial charge >= 0.3 is 0 Å². The van der Waals surface area contributed by atoms with E-state index in [1.165, 1.54) is 0 Å². The lowest BCUT2D eigenvalue weighted by atomic mass is 9.98. The van der Waals surface area contributed by atoms with Crippen LogP contribution >= 0.6 is 0 Å². The summed E-state index contributed by atoms with van der Waals surface area (Å²) in [7, 11) is 4.65. The molecule has 0 saturated heterocycles. The summed E-state index contributed by atoms with van der Waals surface area (Å²) in [4.78, 5) is 13.0. The molecule has 0 fully saturated rings. The summed E-state index contributed by atoms with van der Waals surface area (Å²) in [5.41, 5.74) is 8.30. The topological polar surface area (TPSA) is 80.0 Å². The minimum absolute atomic E-state index is 0.103. The number of benzene rings is 2. The number of carbonyl (C=O) groups is 1. The van der Waals surface area contributed by atoms with Crippen molar-refractivity contribution >= 4 is 17.5 Å². The van der Waals surface area contributed by atoms with Crippen molar-refractivity contribution in [2.75, 3.05) is 33.7 Å². The molecule has 0 radical (unpaired) electrons. The summed E-state index contributed by atoms with van der Waals surface area (Å²) in [6, 6.07) is 8.69. The van der Waals surface area contributed by atoms with E-state index in [1.807, 2.05) is 19.9 Å². The first-order valence-electron chi connectivity index (χ1n) is 9.07. The second-order valence-electron chi connectivity index (χ2n) is 5.96. The maximum atomic E-state index is 13.0. The molecule has 2 N–H and O–H groups in total. The van der Waals surface area contributed by atoms with Gasteiger partial charge in [0.1, 0.15) is 5.75 Å². The number of rotatable bonds is 9. The molecule has 0 bridgehead atoms. The van der Waals surface area contributed by atoms with Crippen LogP contribution in [0.2, 0.25) is 0 Å². The van der Waals surface area contributed by atoms with Crippen LogP contribution in [-0.2, 0) is 0 Å². The number of ether oxygens (including phenoxy) is 4. The van der Waals surface area contributed by atoms with Crippen molar-refractivity contribution in [3.05, 3.63) is 47.0 Å². The molecular weight excluding hydrogens is 358 g/mol. The third-order valence-electron chi connectivity index (χ3n) is 4.31. The molecule has 0 atom stereocenters. The van der Waals surface area contributed by atoms with Crippen LogP contribution in [0.15, 0.2) is 35.9 Å². The Morgan fingerprint density at radius 1 is 0.964 bits per heavy atom. The zero-order valence-electron chi connectivity index (χ0n) is 17.0. The molecule has 0 heterocycles. The first-order valence-corrected chi connectivity index (χ1v) is 9.07. The first-order chi connectivity index (χ1) is 13.5. The monoisotopic (exact) mass is 385 g/mol. The number of nitrogens with two attached hydrogens (primary N) is 1. The van der Waals surface area contributed by atoms with Crippen LogP contribution < -0.4 is 24.7 Å². The quantitative estimate of drug-likeness (QED) is 0.392. The molecule has 2 aromatic rings. The summed E-state index contributed by atoms with van der Waals surface area (Å²) in [6.45, 7) is 4.32. The van der Waals surface area contributed by atoms with Gasteiger partial charge in [0.25, 0.3) is 0 Å². The highest BCUT2D eigenvalue weighted by Gasteiger charge is 2.18. The van der Waals surface area contributed by atoms with Gasteiger partial charge in [-0.05, 0) is 49.8 Å². The molecule has 150 valence electrons. The Morgan fingerprint density at radius 2 is 1.64 bits per heavy atom. The smallest absolute Gasteiger partial charge is 0.203 e. The molecule has 6 heteroatoms. The third-order valence-corrected chi connectivity index (χ3v) is 4.31. The van der Waals surface area contributed by atoms with Crippen molar-refractivity contribution in [2.45, 2.75) is 20.3 Å². The van der Waals surface area contributed by atoms with E-state index in [4.69, 9.17) is 24.7 Å². The second kappa shape index (κ2) is 9.69. The molecule has 28 heavy (non-hydrogen) atoms. The fourth-order valence-corrected chi connectivity index (χ4v) is 2.92. The van der Waals surface area contributed by atoms with Crippen LogP contribution in [0.25, 0.3) is 6.08 Å². The largest absolute Gasteiger partial charge is 0.493 e. The van der Waals surface area contributed by atoms with Crippen LogP contribution in [-0.4, -0.2) is 33.7 Å². The number of hydrogen-bond acceptors (Lipinski definition) is 6. The van der Waals surface area contributed by atoms with Crippen molar-refractivity contribution < 1.29 is 23.7 Å². The highest BCUT2D eigenvalue weighted by molar-refractivity contribution is 6.12. The zero-order valence-corrected chi connectivity index (χ0v) is 17.0. The maximum absolute atomic E-state index is 13.0. The minimum atomic E-state index is -0.103. The molecule has 2 rings (SSSR count). The number of nitrogen functional groups attached to an aromatic ring is 1. The van der Waals surface area contributed by atoms with Crippen molar-refractivity contribution in [1.29, 1.82) is 0 Å². The molecule has 2 aromatic carbocycles. The van der Waals surface area contributed by atoms with E-state index >= 15 is 0 Å². The van der Waals surface area contributed by atoms with Gasteiger partial charge in [-0.1, -0.05) is 6.92 Å². The molecule has 0 aliphatic carbocycles. The van der Waals surface area contributed by atoms with Crippen molar-refractivity contribution in [3.8, 4) is 23.0 Å². The van der Waals surface area contributed by atoms with Crippen LogP contribution in [0.5, 0.6) is 23.0 Å². The molecule has 0 saturated carbocycles. The van der Waals surface area contributed by atoms with Gasteiger partial charge in [-0.15, -0.1) is 0 Å². The van der Waals surface area contributed by atoms with Crippen LogP contribution in [0.1, 0.15) is 36.2 Å². The Kier molecular flexibility index (Phi) is 7.32. The average molecular weight is 385 g/mol. The van der Waals surface area contributed by atoms with E-state index in [1.54, 1.807) is 51.7 Å². The lowest BCUT2D eigenvalue weighted by Gasteiger charge is -2.15. The molecular formula is C22H27NO5. The number of ketones is 1. The number of carbonyl (C=O) groups excluding carboxylic acids is 1. The predicted octanol–water partition coefficient (Wildman–Crippen LogP) is 4.37. The van der Waals surface area contributed by atoms with Gasteiger partial charge in [0.15, 0.2) is 17.3 Å². The standard InChI is InChI=1S/C22H27NO5/c1-6-14(20(24)15-8-10-18(28-7-2)17(23)13-15)12-16-9-11-19(25-3)22(27-5)21(16)26-4/h8-13H,6-7,23H2,1-5H3. The summed E-state index contributed by atoms with van der Waals surface area (Å²) < 4.78 is 21.7. The Hall–Kier alpha value is -3.15. The van der Waals surface area contributed by atoms with E-state index < -0.39 is 0 Å². The maximum Gasteiger partial charge on any atom is 0.203 e. The minimum Gasteiger partial charge on any atom is -0.493 e. The Morgan fingerprint density at radius 3 is 2.18 bits per heavy atom. The Labute approximate surface area is 165 Å². The molecule has 0 aromatic heterocycles. The van der Waals surface area contributed by atoms with Gasteiger partial charge in [0.05, 0.1) is 33.6 Å². The molecule has 0 aliphatic heterocycles. The van der Waals surface area contributed by atoms with E-state index in [0.717, 1.165) is 5.56 Å². The fourth-order valence-electron chi connectivity index (χ4n) is 2.92. The van der Waals surface area contributed by atoms with Gasteiger partial charge in [0.2, 0.25) is 5.75 Å². The van der Waals surface area contributed by atoms with Crippen LogP contribution in [0.4, 0.5) is 5.69 Å². The van der Waals surface area contributed by atoms with E-state index in [9.17, 15) is 4.79 Å². The number of methoxy groups -OCH3 is 3. The lowest BCUT2D eigenvalue weighted by molar-refractivity contribution is 0.103. The van der Waals surface area contributed by atoms with Crippen molar-refractivity contribution in [3.63, 3.8) is 0 Å². The van der Waals surface area contributed by atoms with Gasteiger partial charge in [0, 0.05) is 16.7 Å². The lowest BCUT2D eigenvalue weighted by Crippen LogP contribution is -2.05. The third kappa shape index (κ3) is 4.39. The summed E-state index contributed by atoms with van der Waals surface area (Å²) in [5.74, 6) is 2.01. The fraction of sp³-hybridized carbons (Fsp3) is 0.318. The van der Waals surface area contributed by atoms with Gasteiger partial charge in [-0.25, -0.2) is 0 Å². The van der Waals surface area contributed by atoms with E-state index in [-0.39, 0.29) is 5.78 Å². The summed E-state index contributed by atoms with van der Waals surface area (Å²) >= 11 is 0. The number of anilines is 1. The van der Waals surface area contributed by atoms with Crippen LogP contribution in [0.3, 0.4) is 0 Å². The normalized spacial score (nSPS) is 11.1. The van der Waals surface area contributed by atoms with Gasteiger partial charge in [-0.3, -0.25) is 4.79 Å². The molecule has 0 amide bonds. The van der Waals surface area contributed by atoms with E-state index in [2.05, 4.69) is 0 Å². The average Bonchev–Trinajstić information content (AvgIpc) is 2.72. The zero-order chi connectivity index (χ0) is 20.7. The summed E-state index contributed by atoms with van der Waals surface area (Å²) in [5, 5.41) is 0. The summed E-state index contributed by atoms with van der Waals surface area (Å²) in [6.07, 6.45) is 2.35. The highest BCUT2D eigenvalue weighted by Crippen LogP contribution is 2.41. The Bertz CT molecular complexity index is 873. The van der Waals surface area contributed by atoms with E-state index in [0.29, 0.717) is 52.8 Å². The van der Waals surface area contributed by atoms with Gasteiger partial charge in [-0.2, -0.15) is 0 Å². The molecule has 0 unspecified atom stereocenters. The first kappa shape index (κ1) is 21.2. The molecule has 0 aliphatic rings. The highest BCUT2D eigenvalue weighted by atomic mass is 16.5. The number of Topliss-reactive ketones (excluding diaryl/α,β-unsaturated/α-hetero) is 1. The number of hydrogen-bond donors (Lipinski definition) is 1. The number of allylic oxidation sites excluding steroid dienone is 1.